The Morgan fingerprint density at radius 3 is 1.53 bits per heavy atom. The number of carbonyl (C=O) groups excluding carboxylic acids is 1. The highest BCUT2D eigenvalue weighted by Gasteiger charge is 2.16. The highest BCUT2D eigenvalue weighted by atomic mass is 16.5. The van der Waals surface area contributed by atoms with Gasteiger partial charge in [-0.3, -0.25) is 0 Å². The number of carbonyl (C=O) groups is 2. The molecular formula is C28H46O4. The van der Waals surface area contributed by atoms with Gasteiger partial charge in [0.25, 0.3) is 0 Å². The summed E-state index contributed by atoms with van der Waals surface area (Å²) in [5, 5.41) is 9.14. The standard InChI is InChI=1S/C28H46O4/c1-24(2)20-16-14-12-10-8-6-4-3-5-7-9-11-13-15-19-23-32-28(31)26-22-18-17-21-25(26)27(29)30/h17-18,21-22,24H,3-16,19-20,23H2,1-2H3,(H,29,30). The molecule has 1 N–H and O–H groups in total. The van der Waals surface area contributed by atoms with Gasteiger partial charge in [-0.05, 0) is 24.5 Å². The van der Waals surface area contributed by atoms with Crippen molar-refractivity contribution in [3.63, 3.8) is 0 Å². The molecule has 1 rings (SSSR count). The van der Waals surface area contributed by atoms with E-state index in [1.165, 1.54) is 102 Å². The Morgan fingerprint density at radius 1 is 0.688 bits per heavy atom. The van der Waals surface area contributed by atoms with E-state index in [1.807, 2.05) is 0 Å². The third-order valence-corrected chi connectivity index (χ3v) is 6.04. The van der Waals surface area contributed by atoms with Gasteiger partial charge in [0.05, 0.1) is 17.7 Å². The number of esters is 1. The van der Waals surface area contributed by atoms with Crippen molar-refractivity contribution in [2.24, 2.45) is 5.92 Å². The van der Waals surface area contributed by atoms with Crippen LogP contribution in [0.5, 0.6) is 0 Å². The number of aromatic carboxylic acids is 1. The molecule has 0 saturated heterocycles. The van der Waals surface area contributed by atoms with E-state index in [0.717, 1.165) is 18.8 Å². The summed E-state index contributed by atoms with van der Waals surface area (Å²) in [5.41, 5.74) is 0.122. The van der Waals surface area contributed by atoms with Crippen LogP contribution in [0.3, 0.4) is 0 Å². The lowest BCUT2D eigenvalue weighted by atomic mass is 10.0. The maximum absolute atomic E-state index is 12.1. The lowest BCUT2D eigenvalue weighted by Gasteiger charge is -2.07. The summed E-state index contributed by atoms with van der Waals surface area (Å²) >= 11 is 0. The number of ether oxygens (including phenoxy) is 1. The molecule has 4 nitrogen and oxygen atoms in total. The highest BCUT2D eigenvalue weighted by molar-refractivity contribution is 6.02. The van der Waals surface area contributed by atoms with Crippen molar-refractivity contribution in [2.45, 2.75) is 117 Å². The van der Waals surface area contributed by atoms with Crippen molar-refractivity contribution in [3.8, 4) is 0 Å². The van der Waals surface area contributed by atoms with Crippen molar-refractivity contribution < 1.29 is 19.4 Å². The van der Waals surface area contributed by atoms with Gasteiger partial charge >= 0.3 is 11.9 Å². The number of rotatable bonds is 20. The van der Waals surface area contributed by atoms with Gasteiger partial charge in [0.1, 0.15) is 0 Å². The molecule has 1 aromatic rings. The molecule has 0 spiro atoms. The smallest absolute Gasteiger partial charge is 0.339 e. The number of carboxylic acids is 1. The van der Waals surface area contributed by atoms with E-state index in [9.17, 15) is 9.59 Å². The van der Waals surface area contributed by atoms with Crippen molar-refractivity contribution >= 4 is 11.9 Å². The first kappa shape index (κ1) is 28.2. The van der Waals surface area contributed by atoms with Crippen LogP contribution in [0.15, 0.2) is 24.3 Å². The molecule has 4 heteroatoms. The summed E-state index contributed by atoms with van der Waals surface area (Å²) in [4.78, 5) is 23.2. The zero-order valence-corrected chi connectivity index (χ0v) is 20.6. The Bertz CT molecular complexity index is 624. The Hall–Kier alpha value is -1.84. The molecule has 1 aromatic carbocycles. The predicted octanol–water partition coefficient (Wildman–Crippen LogP) is 8.44. The van der Waals surface area contributed by atoms with E-state index in [0.29, 0.717) is 6.61 Å². The summed E-state index contributed by atoms with van der Waals surface area (Å²) < 4.78 is 5.25. The molecular weight excluding hydrogens is 400 g/mol. The van der Waals surface area contributed by atoms with E-state index in [2.05, 4.69) is 13.8 Å². The molecule has 182 valence electrons. The first-order chi connectivity index (χ1) is 15.5. The fourth-order valence-electron chi connectivity index (χ4n) is 4.04. The first-order valence-electron chi connectivity index (χ1n) is 13.0. The minimum Gasteiger partial charge on any atom is -0.478 e. The van der Waals surface area contributed by atoms with Crippen LogP contribution in [0.4, 0.5) is 0 Å². The van der Waals surface area contributed by atoms with Crippen LogP contribution >= 0.6 is 0 Å². The van der Waals surface area contributed by atoms with Gasteiger partial charge in [0.15, 0.2) is 0 Å². The highest BCUT2D eigenvalue weighted by Crippen LogP contribution is 2.15. The number of benzene rings is 1. The monoisotopic (exact) mass is 446 g/mol. The maximum atomic E-state index is 12.1. The quantitative estimate of drug-likeness (QED) is 0.161. The van der Waals surface area contributed by atoms with Crippen molar-refractivity contribution in [2.75, 3.05) is 6.61 Å². The molecule has 0 heterocycles. The average molecular weight is 447 g/mol. The minimum atomic E-state index is -1.11. The molecule has 0 aliphatic heterocycles. The predicted molar refractivity (Wildman–Crippen MR) is 132 cm³/mol. The molecule has 0 radical (unpaired) electrons. The molecule has 0 saturated carbocycles. The fraction of sp³-hybridized carbons (Fsp3) is 0.714. The molecule has 0 aromatic heterocycles. The third kappa shape index (κ3) is 14.3. The Morgan fingerprint density at radius 2 is 1.09 bits per heavy atom. The van der Waals surface area contributed by atoms with Gasteiger partial charge < -0.3 is 9.84 Å². The third-order valence-electron chi connectivity index (χ3n) is 6.04. The van der Waals surface area contributed by atoms with Crippen molar-refractivity contribution in [1.82, 2.24) is 0 Å². The Labute approximate surface area is 196 Å². The van der Waals surface area contributed by atoms with Crippen LogP contribution in [-0.4, -0.2) is 23.7 Å². The minimum absolute atomic E-state index is 0.00500. The molecule has 32 heavy (non-hydrogen) atoms. The molecule has 0 aliphatic rings. The van der Waals surface area contributed by atoms with Gasteiger partial charge in [0, 0.05) is 0 Å². The molecule has 0 fully saturated rings. The van der Waals surface area contributed by atoms with Crippen LogP contribution in [0.2, 0.25) is 0 Å². The number of hydrogen-bond donors (Lipinski definition) is 1. The van der Waals surface area contributed by atoms with Gasteiger partial charge in [-0.25, -0.2) is 9.59 Å². The Kier molecular flexibility index (Phi) is 16.5. The maximum Gasteiger partial charge on any atom is 0.339 e. The number of carboxylic acid groups (broad SMARTS) is 1. The van der Waals surface area contributed by atoms with Gasteiger partial charge in [-0.1, -0.05) is 122 Å². The Balaban J connectivity index is 1.86. The van der Waals surface area contributed by atoms with E-state index in [4.69, 9.17) is 9.84 Å². The van der Waals surface area contributed by atoms with Gasteiger partial charge in [-0.2, -0.15) is 0 Å². The van der Waals surface area contributed by atoms with E-state index >= 15 is 0 Å². The molecule has 0 aliphatic carbocycles. The normalized spacial score (nSPS) is 11.1. The van der Waals surface area contributed by atoms with Gasteiger partial charge in [0.2, 0.25) is 0 Å². The SMILES string of the molecule is CC(C)CCCCCCCCCCCCCCCCCOC(=O)c1ccccc1C(=O)O. The lowest BCUT2D eigenvalue weighted by Crippen LogP contribution is -2.12. The molecule has 0 amide bonds. The van der Waals surface area contributed by atoms with Crippen LogP contribution in [0.25, 0.3) is 0 Å². The molecule has 0 bridgehead atoms. The zero-order chi connectivity index (χ0) is 23.4. The fourth-order valence-corrected chi connectivity index (χ4v) is 4.04. The van der Waals surface area contributed by atoms with E-state index in [-0.39, 0.29) is 11.1 Å². The topological polar surface area (TPSA) is 63.6 Å². The lowest BCUT2D eigenvalue weighted by molar-refractivity contribution is 0.0487. The summed E-state index contributed by atoms with van der Waals surface area (Å²) in [6.45, 7) is 4.98. The van der Waals surface area contributed by atoms with E-state index < -0.39 is 11.9 Å². The first-order valence-corrected chi connectivity index (χ1v) is 13.0. The number of unbranched alkanes of at least 4 members (excludes halogenated alkanes) is 14. The largest absolute Gasteiger partial charge is 0.478 e. The van der Waals surface area contributed by atoms with E-state index in [1.54, 1.807) is 12.1 Å². The van der Waals surface area contributed by atoms with Crippen LogP contribution in [0, 0.1) is 5.92 Å². The molecule has 0 unspecified atom stereocenters. The molecule has 0 atom stereocenters. The van der Waals surface area contributed by atoms with Crippen LogP contribution in [-0.2, 0) is 4.74 Å². The zero-order valence-electron chi connectivity index (χ0n) is 20.6. The summed E-state index contributed by atoms with van der Waals surface area (Å²) in [7, 11) is 0. The van der Waals surface area contributed by atoms with Crippen molar-refractivity contribution in [1.29, 1.82) is 0 Å². The summed E-state index contributed by atoms with van der Waals surface area (Å²) in [5.74, 6) is -0.797. The van der Waals surface area contributed by atoms with Crippen molar-refractivity contribution in [3.05, 3.63) is 35.4 Å². The summed E-state index contributed by atoms with van der Waals surface area (Å²) in [6.07, 6.45) is 20.9. The second-order valence-corrected chi connectivity index (χ2v) is 9.47. The second-order valence-electron chi connectivity index (χ2n) is 9.47. The van der Waals surface area contributed by atoms with Crippen LogP contribution in [0.1, 0.15) is 137 Å². The van der Waals surface area contributed by atoms with Crippen LogP contribution < -0.4 is 0 Å². The number of hydrogen-bond acceptors (Lipinski definition) is 3. The van der Waals surface area contributed by atoms with Gasteiger partial charge in [-0.15, -0.1) is 0 Å². The average Bonchev–Trinajstić information content (AvgIpc) is 2.77. The second kappa shape index (κ2) is 18.7. The summed E-state index contributed by atoms with van der Waals surface area (Å²) in [6, 6.07) is 6.19.